The van der Waals surface area contributed by atoms with Gasteiger partial charge in [0.25, 0.3) is 5.19 Å². The van der Waals surface area contributed by atoms with Crippen LogP contribution in [-0.4, -0.2) is 94.4 Å². The lowest BCUT2D eigenvalue weighted by Crippen LogP contribution is -2.59. The molecule has 4 fully saturated rings. The molecule has 2 aromatic heterocycles. The molecule has 0 bridgehead atoms. The molecule has 16 heteroatoms. The number of carboxylic acids is 1. The SMILES string of the molecule is C=C[C@@H]1C[C@]1(NC(=O)[C@@H]1C[C@@H](Oc2cc(-c3csc(OC)n3)nc3c(Cl)c(OC)ccc23)CN1C(=O)[C@@H](NC(=O)OC1C[C@@H]2C[C@@H]2C1)C(C)(C)C)C(=O)O. The van der Waals surface area contributed by atoms with Gasteiger partial charge in [0.15, 0.2) is 0 Å². The maximum absolute atomic E-state index is 14.6. The number of amides is 3. The van der Waals surface area contributed by atoms with Crippen molar-refractivity contribution in [2.24, 2.45) is 23.2 Å². The highest BCUT2D eigenvalue weighted by molar-refractivity contribution is 7.11. The molecule has 3 saturated carbocycles. The number of hydrogen-bond donors (Lipinski definition) is 3. The van der Waals surface area contributed by atoms with E-state index in [1.807, 2.05) is 20.8 Å². The van der Waals surface area contributed by atoms with E-state index in [9.17, 15) is 24.3 Å². The highest BCUT2D eigenvalue weighted by Gasteiger charge is 2.61. The monoisotopic (exact) mass is 781 g/mol. The Kier molecular flexibility index (Phi) is 9.92. The smallest absolute Gasteiger partial charge is 0.408 e. The minimum Gasteiger partial charge on any atom is -0.495 e. The summed E-state index contributed by atoms with van der Waals surface area (Å²) in [6, 6.07) is 2.95. The van der Waals surface area contributed by atoms with Crippen LogP contribution < -0.4 is 24.8 Å². The number of nitrogens with one attached hydrogen (secondary N) is 2. The fraction of sp³-hybridized carbons (Fsp3) is 0.526. The predicted molar refractivity (Wildman–Crippen MR) is 200 cm³/mol. The lowest BCUT2D eigenvalue weighted by molar-refractivity contribution is -0.146. The Morgan fingerprint density at radius 1 is 1.06 bits per heavy atom. The normalized spacial score (nSPS) is 27.4. The zero-order chi connectivity index (χ0) is 38.7. The highest BCUT2D eigenvalue weighted by atomic mass is 35.5. The van der Waals surface area contributed by atoms with Crippen molar-refractivity contribution in [2.75, 3.05) is 20.8 Å². The van der Waals surface area contributed by atoms with E-state index >= 15 is 0 Å². The number of aliphatic carboxylic acids is 1. The molecule has 3 aromatic rings. The largest absolute Gasteiger partial charge is 0.495 e. The maximum atomic E-state index is 14.6. The summed E-state index contributed by atoms with van der Waals surface area (Å²) in [6.45, 7) is 9.11. The number of rotatable bonds is 12. The van der Waals surface area contributed by atoms with Gasteiger partial charge in [-0.1, -0.05) is 49.8 Å². The van der Waals surface area contributed by atoms with Gasteiger partial charge in [-0.15, -0.1) is 6.58 Å². The van der Waals surface area contributed by atoms with Gasteiger partial charge < -0.3 is 39.6 Å². The van der Waals surface area contributed by atoms with Crippen LogP contribution in [0.4, 0.5) is 4.79 Å². The standard InChI is InChI=1S/C38H44ClN5O9S/c1-7-20-15-38(20,34(47)48)43-32(45)26-13-22(16-44(26)33(46)31(37(2,3)4)42-35(49)53-21-11-18-10-19(18)12-21)52-28-14-24(25-17-54-36(41-25)51-6)40-30-23(28)8-9-27(50-5)29(30)39/h7-9,14,17-22,26,31H,1,10-13,15-16H2,2-6H3,(H,42,49)(H,43,45)(H,47,48)/t18-,19+,20-,21?,22-,26+,31-,38-/m1/s1. The van der Waals surface area contributed by atoms with Gasteiger partial charge >= 0.3 is 12.1 Å². The van der Waals surface area contributed by atoms with Crippen molar-refractivity contribution in [2.45, 2.75) is 82.7 Å². The zero-order valence-electron chi connectivity index (χ0n) is 30.7. The number of fused-ring (bicyclic) bond motifs is 2. The fourth-order valence-electron chi connectivity index (χ4n) is 7.81. The third kappa shape index (κ3) is 7.15. The van der Waals surface area contributed by atoms with Gasteiger partial charge in [-0.2, -0.15) is 0 Å². The van der Waals surface area contributed by atoms with E-state index in [0.717, 1.165) is 12.8 Å². The van der Waals surface area contributed by atoms with E-state index in [2.05, 4.69) is 22.2 Å². The summed E-state index contributed by atoms with van der Waals surface area (Å²) in [6.07, 6.45) is 2.86. The quantitative estimate of drug-likeness (QED) is 0.199. The molecule has 3 heterocycles. The fourth-order valence-corrected chi connectivity index (χ4v) is 8.73. The number of benzene rings is 1. The highest BCUT2D eigenvalue weighted by Crippen LogP contribution is 2.52. The lowest BCUT2D eigenvalue weighted by atomic mass is 9.85. The summed E-state index contributed by atoms with van der Waals surface area (Å²) in [5, 5.41) is 18.6. The minimum absolute atomic E-state index is 0.0196. The minimum atomic E-state index is -1.53. The second kappa shape index (κ2) is 14.2. The molecule has 4 aliphatic rings. The number of nitrogens with zero attached hydrogens (tertiary/aromatic N) is 3. The number of thiazole rings is 1. The molecule has 288 valence electrons. The van der Waals surface area contributed by atoms with E-state index < -0.39 is 58.9 Å². The van der Waals surface area contributed by atoms with Crippen molar-refractivity contribution < 1.29 is 43.2 Å². The number of ether oxygens (including phenoxy) is 4. The van der Waals surface area contributed by atoms with Crippen LogP contribution in [0, 0.1) is 23.2 Å². The molecular formula is C38H44ClN5O9S. The number of carbonyl (C=O) groups excluding carboxylic acids is 3. The van der Waals surface area contributed by atoms with E-state index in [1.54, 1.807) is 23.6 Å². The van der Waals surface area contributed by atoms with Crippen LogP contribution in [0.15, 0.2) is 36.2 Å². The van der Waals surface area contributed by atoms with Gasteiger partial charge in [0.05, 0.1) is 32.0 Å². The summed E-state index contributed by atoms with van der Waals surface area (Å²) in [7, 11) is 3.02. The van der Waals surface area contributed by atoms with Gasteiger partial charge in [-0.25, -0.2) is 19.6 Å². The molecular weight excluding hydrogens is 738 g/mol. The van der Waals surface area contributed by atoms with Crippen molar-refractivity contribution in [3.05, 3.63) is 41.3 Å². The molecule has 7 rings (SSSR count). The van der Waals surface area contributed by atoms with Gasteiger partial charge in [-0.3, -0.25) is 9.59 Å². The average Bonchev–Trinajstić information content (AvgIpc) is 3.78. The van der Waals surface area contributed by atoms with Crippen molar-refractivity contribution in [1.29, 1.82) is 0 Å². The molecule has 3 amide bonds. The van der Waals surface area contributed by atoms with Crippen LogP contribution in [0.2, 0.25) is 5.02 Å². The Labute approximate surface area is 321 Å². The summed E-state index contributed by atoms with van der Waals surface area (Å²) in [5.41, 5.74) is -0.973. The molecule has 54 heavy (non-hydrogen) atoms. The summed E-state index contributed by atoms with van der Waals surface area (Å²) >= 11 is 8.05. The summed E-state index contributed by atoms with van der Waals surface area (Å²) < 4.78 is 23.1. The molecule has 3 N–H and O–H groups in total. The van der Waals surface area contributed by atoms with Gasteiger partial charge in [0, 0.05) is 29.2 Å². The summed E-state index contributed by atoms with van der Waals surface area (Å²) in [4.78, 5) is 64.9. The first-order valence-electron chi connectivity index (χ1n) is 17.9. The van der Waals surface area contributed by atoms with Crippen molar-refractivity contribution in [3.63, 3.8) is 0 Å². The number of likely N-dealkylation sites (tertiary alicyclic amines) is 1. The van der Waals surface area contributed by atoms with Crippen LogP contribution in [0.3, 0.4) is 0 Å². The average molecular weight is 782 g/mol. The topological polar surface area (TPSA) is 179 Å². The Balaban J connectivity index is 1.20. The number of pyridine rings is 1. The van der Waals surface area contributed by atoms with Crippen LogP contribution >= 0.6 is 22.9 Å². The number of carboxylic acid groups (broad SMARTS) is 1. The van der Waals surface area contributed by atoms with E-state index in [0.29, 0.717) is 50.8 Å². The lowest BCUT2D eigenvalue weighted by Gasteiger charge is -2.35. The summed E-state index contributed by atoms with van der Waals surface area (Å²) in [5.74, 6) is -0.866. The molecule has 1 aliphatic heterocycles. The molecule has 1 unspecified atom stereocenters. The van der Waals surface area contributed by atoms with Crippen LogP contribution in [0.5, 0.6) is 16.7 Å². The van der Waals surface area contributed by atoms with Crippen molar-refractivity contribution in [3.8, 4) is 28.1 Å². The second-order valence-electron chi connectivity index (χ2n) is 15.7. The number of halogens is 1. The maximum Gasteiger partial charge on any atom is 0.408 e. The molecule has 0 spiro atoms. The first-order chi connectivity index (χ1) is 25.6. The molecule has 0 radical (unpaired) electrons. The molecule has 3 aliphatic carbocycles. The first-order valence-corrected chi connectivity index (χ1v) is 19.2. The van der Waals surface area contributed by atoms with Gasteiger partial charge in [-0.05, 0) is 55.1 Å². The number of alkyl carbamates (subject to hydrolysis) is 1. The molecule has 1 aromatic carbocycles. The van der Waals surface area contributed by atoms with Crippen LogP contribution in [0.1, 0.15) is 52.9 Å². The molecule has 14 nitrogen and oxygen atoms in total. The van der Waals surface area contributed by atoms with Crippen molar-refractivity contribution in [1.82, 2.24) is 25.5 Å². The van der Waals surface area contributed by atoms with Gasteiger partial charge in [0.2, 0.25) is 11.8 Å². The van der Waals surface area contributed by atoms with E-state index in [4.69, 9.17) is 35.5 Å². The van der Waals surface area contributed by atoms with Crippen molar-refractivity contribution >= 4 is 57.7 Å². The van der Waals surface area contributed by atoms with E-state index in [1.165, 1.54) is 43.0 Å². The number of aromatic nitrogens is 2. The Bertz CT molecular complexity index is 2010. The Hall–Kier alpha value is -4.63. The Morgan fingerprint density at radius 3 is 2.41 bits per heavy atom. The predicted octanol–water partition coefficient (Wildman–Crippen LogP) is 5.46. The second-order valence-corrected chi connectivity index (χ2v) is 16.9. The van der Waals surface area contributed by atoms with Gasteiger partial charge in [0.1, 0.15) is 52.0 Å². The zero-order valence-corrected chi connectivity index (χ0v) is 32.3. The van der Waals surface area contributed by atoms with E-state index in [-0.39, 0.29) is 30.5 Å². The first kappa shape index (κ1) is 37.7. The van der Waals surface area contributed by atoms with Crippen LogP contribution in [-0.2, 0) is 19.1 Å². The third-order valence-corrected chi connectivity index (χ3v) is 12.2. The number of hydrogen-bond acceptors (Lipinski definition) is 11. The van der Waals surface area contributed by atoms with Crippen LogP contribution in [0.25, 0.3) is 22.3 Å². The number of carbonyl (C=O) groups is 4. The number of methoxy groups -OCH3 is 2. The third-order valence-electron chi connectivity index (χ3n) is 11.0. The molecule has 1 saturated heterocycles. The Morgan fingerprint density at radius 2 is 1.80 bits per heavy atom. The molecule has 8 atom stereocenters.